The summed E-state index contributed by atoms with van der Waals surface area (Å²) >= 11 is 1.23. The normalized spacial score (nSPS) is 17.0. The van der Waals surface area contributed by atoms with Crippen molar-refractivity contribution in [2.75, 3.05) is 4.90 Å². The zero-order chi connectivity index (χ0) is 27.6. The summed E-state index contributed by atoms with van der Waals surface area (Å²) in [5.41, 5.74) is 3.71. The van der Waals surface area contributed by atoms with Gasteiger partial charge in [-0.3, -0.25) is 24.6 Å². The summed E-state index contributed by atoms with van der Waals surface area (Å²) in [6.07, 6.45) is 1.79. The van der Waals surface area contributed by atoms with Crippen LogP contribution >= 0.6 is 11.3 Å². The number of ketones is 1. The van der Waals surface area contributed by atoms with Crippen LogP contribution in [-0.2, 0) is 9.59 Å². The fraction of sp³-hybridized carbons (Fsp3) is 0.143. The molecule has 0 aliphatic carbocycles. The van der Waals surface area contributed by atoms with Gasteiger partial charge in [-0.1, -0.05) is 35.6 Å². The topological polar surface area (TPSA) is 131 Å². The van der Waals surface area contributed by atoms with Crippen LogP contribution in [-0.4, -0.2) is 36.1 Å². The Hall–Kier alpha value is -4.90. The molecule has 1 unspecified atom stereocenters. The molecule has 2 aromatic carbocycles. The smallest absolute Gasteiger partial charge is 0.301 e. The third kappa shape index (κ3) is 3.77. The van der Waals surface area contributed by atoms with E-state index in [4.69, 9.17) is 0 Å². The average molecular weight is 540 g/mol. The molecule has 1 atom stereocenters. The van der Waals surface area contributed by atoms with Gasteiger partial charge in [-0.25, -0.2) is 9.97 Å². The molecular formula is C28H21N5O5S. The minimum absolute atomic E-state index is 0.151. The maximum absolute atomic E-state index is 13.6. The Kier molecular flexibility index (Phi) is 5.54. The monoisotopic (exact) mass is 539 g/mol. The summed E-state index contributed by atoms with van der Waals surface area (Å²) in [6, 6.07) is 13.9. The molecule has 0 bridgehead atoms. The van der Waals surface area contributed by atoms with Gasteiger partial charge in [0, 0.05) is 18.3 Å². The zero-order valence-corrected chi connectivity index (χ0v) is 21.9. The summed E-state index contributed by atoms with van der Waals surface area (Å²) in [5, 5.41) is 23.4. The van der Waals surface area contributed by atoms with Crippen LogP contribution in [0, 0.1) is 30.9 Å². The van der Waals surface area contributed by atoms with Gasteiger partial charge in [0.2, 0.25) is 0 Å². The maximum Gasteiger partial charge on any atom is 0.301 e. The number of nitro benzene ring substituents is 1. The first-order chi connectivity index (χ1) is 18.7. The van der Waals surface area contributed by atoms with Crippen molar-refractivity contribution in [3.8, 4) is 0 Å². The van der Waals surface area contributed by atoms with Crippen LogP contribution < -0.4 is 4.90 Å². The van der Waals surface area contributed by atoms with Crippen LogP contribution in [0.3, 0.4) is 0 Å². The lowest BCUT2D eigenvalue weighted by Gasteiger charge is -2.22. The van der Waals surface area contributed by atoms with Crippen LogP contribution in [0.15, 0.2) is 66.4 Å². The number of nitro groups is 1. The second-order valence-electron chi connectivity index (χ2n) is 9.42. The van der Waals surface area contributed by atoms with Crippen LogP contribution in [0.2, 0.25) is 0 Å². The number of aromatic nitrogens is 3. The number of nitrogens with zero attached hydrogens (tertiary/aromatic N) is 5. The molecule has 1 amide bonds. The average Bonchev–Trinajstić information content (AvgIpc) is 3.56. The van der Waals surface area contributed by atoms with Crippen molar-refractivity contribution in [1.29, 1.82) is 0 Å². The molecule has 39 heavy (non-hydrogen) atoms. The molecule has 1 saturated heterocycles. The predicted molar refractivity (Wildman–Crippen MR) is 147 cm³/mol. The van der Waals surface area contributed by atoms with Crippen molar-refractivity contribution in [2.45, 2.75) is 26.8 Å². The summed E-state index contributed by atoms with van der Waals surface area (Å²) in [7, 11) is 0. The summed E-state index contributed by atoms with van der Waals surface area (Å²) in [6.45, 7) is 5.57. The van der Waals surface area contributed by atoms with E-state index in [0.29, 0.717) is 16.9 Å². The molecule has 1 N–H and O–H groups in total. The highest BCUT2D eigenvalue weighted by Crippen LogP contribution is 2.45. The van der Waals surface area contributed by atoms with E-state index in [1.807, 2.05) is 44.2 Å². The molecule has 6 rings (SSSR count). The fourth-order valence-corrected chi connectivity index (χ4v) is 6.04. The van der Waals surface area contributed by atoms with E-state index in [-0.39, 0.29) is 27.6 Å². The maximum atomic E-state index is 13.6. The van der Waals surface area contributed by atoms with E-state index in [1.165, 1.54) is 34.4 Å². The lowest BCUT2D eigenvalue weighted by Crippen LogP contribution is -2.29. The van der Waals surface area contributed by atoms with Crippen molar-refractivity contribution >= 4 is 55.5 Å². The number of carbonyl (C=O) groups is 2. The van der Waals surface area contributed by atoms with Crippen molar-refractivity contribution in [3.63, 3.8) is 0 Å². The van der Waals surface area contributed by atoms with E-state index in [0.717, 1.165) is 15.8 Å². The molecule has 10 nitrogen and oxygen atoms in total. The first-order valence-electron chi connectivity index (χ1n) is 12.0. The van der Waals surface area contributed by atoms with Crippen LogP contribution in [0.25, 0.3) is 21.6 Å². The van der Waals surface area contributed by atoms with E-state index in [9.17, 15) is 24.8 Å². The molecule has 5 aromatic rings. The lowest BCUT2D eigenvalue weighted by atomic mass is 9.96. The Morgan fingerprint density at radius 3 is 2.59 bits per heavy atom. The number of carbonyl (C=O) groups excluding carboxylic acids is 2. The van der Waals surface area contributed by atoms with Gasteiger partial charge in [0.15, 0.2) is 10.9 Å². The molecule has 11 heteroatoms. The molecule has 3 aromatic heterocycles. The summed E-state index contributed by atoms with van der Waals surface area (Å²) in [4.78, 5) is 48.5. The van der Waals surface area contributed by atoms with Crippen LogP contribution in [0.1, 0.15) is 34.1 Å². The van der Waals surface area contributed by atoms with Gasteiger partial charge < -0.3 is 9.51 Å². The van der Waals surface area contributed by atoms with Gasteiger partial charge in [-0.2, -0.15) is 0 Å². The van der Waals surface area contributed by atoms with E-state index in [1.54, 1.807) is 23.6 Å². The predicted octanol–water partition coefficient (Wildman–Crippen LogP) is 5.40. The quantitative estimate of drug-likeness (QED) is 0.106. The highest BCUT2D eigenvalue weighted by molar-refractivity contribution is 7.22. The highest BCUT2D eigenvalue weighted by atomic mass is 32.1. The highest BCUT2D eigenvalue weighted by Gasteiger charge is 2.49. The van der Waals surface area contributed by atoms with Crippen molar-refractivity contribution in [3.05, 3.63) is 105 Å². The van der Waals surface area contributed by atoms with Crippen LogP contribution in [0.5, 0.6) is 0 Å². The third-order valence-corrected chi connectivity index (χ3v) is 7.91. The standard InChI is InChI=1S/C28H21N5O5S/c1-14-9-10-19-20(12-14)39-28(29-19)32-23(17-7-4-8-18(13-17)33(37)38)21(25(35)27(32)36)24(34)22-16(3)31-11-5-6-15(2)26(31)30-22/h4-13,23,34H,1-3H3. The largest absolute Gasteiger partial charge is 0.505 e. The number of pyridine rings is 1. The van der Waals surface area contributed by atoms with Crippen molar-refractivity contribution in [2.24, 2.45) is 0 Å². The molecule has 1 aliphatic heterocycles. The number of hydrogen-bond donors (Lipinski definition) is 1. The Bertz CT molecular complexity index is 1900. The van der Waals surface area contributed by atoms with Gasteiger partial charge in [0.05, 0.1) is 32.4 Å². The van der Waals surface area contributed by atoms with Gasteiger partial charge in [-0.15, -0.1) is 0 Å². The first kappa shape index (κ1) is 24.4. The first-order valence-corrected chi connectivity index (χ1v) is 12.8. The Labute approximate surface area is 225 Å². The summed E-state index contributed by atoms with van der Waals surface area (Å²) in [5.74, 6) is -2.26. The second kappa shape index (κ2) is 8.84. The number of rotatable bonds is 4. The molecular weight excluding hydrogens is 518 g/mol. The van der Waals surface area contributed by atoms with Gasteiger partial charge in [-0.05, 0) is 55.7 Å². The number of benzene rings is 2. The number of hydrogen-bond acceptors (Lipinski definition) is 8. The minimum Gasteiger partial charge on any atom is -0.505 e. The number of Topliss-reactive ketones (excluding diaryl/α,β-unsaturated/α-hetero) is 1. The number of imidazole rings is 1. The summed E-state index contributed by atoms with van der Waals surface area (Å²) < 4.78 is 2.61. The molecule has 1 aliphatic rings. The van der Waals surface area contributed by atoms with Gasteiger partial charge in [0.1, 0.15) is 11.3 Å². The molecule has 4 heterocycles. The Morgan fingerprint density at radius 1 is 1.05 bits per heavy atom. The third-order valence-electron chi connectivity index (χ3n) is 6.89. The number of aryl methyl sites for hydroxylation is 3. The minimum atomic E-state index is -1.16. The van der Waals surface area contributed by atoms with Gasteiger partial charge in [0.25, 0.3) is 11.5 Å². The lowest BCUT2D eigenvalue weighted by molar-refractivity contribution is -0.384. The molecule has 0 saturated carbocycles. The number of fused-ring (bicyclic) bond motifs is 2. The van der Waals surface area contributed by atoms with Crippen molar-refractivity contribution < 1.29 is 19.6 Å². The zero-order valence-electron chi connectivity index (χ0n) is 21.1. The number of amides is 1. The van der Waals surface area contributed by atoms with E-state index < -0.39 is 28.4 Å². The second-order valence-corrected chi connectivity index (χ2v) is 10.4. The number of aliphatic hydroxyl groups is 1. The Morgan fingerprint density at radius 2 is 1.85 bits per heavy atom. The van der Waals surface area contributed by atoms with E-state index in [2.05, 4.69) is 9.97 Å². The SMILES string of the molecule is Cc1ccc2nc(N3C(=O)C(=O)C(=C(O)c4nc5c(C)cccn5c4C)C3c3cccc([N+](=O)[O-])c3)sc2c1. The number of non-ortho nitro benzene ring substituents is 1. The molecule has 194 valence electrons. The fourth-order valence-electron chi connectivity index (χ4n) is 4.95. The molecule has 1 fully saturated rings. The number of aliphatic hydroxyl groups excluding tert-OH is 1. The molecule has 0 spiro atoms. The van der Waals surface area contributed by atoms with E-state index >= 15 is 0 Å². The Balaban J connectivity index is 1.62. The number of anilines is 1. The van der Waals surface area contributed by atoms with Gasteiger partial charge >= 0.3 is 5.91 Å². The van der Waals surface area contributed by atoms with Crippen molar-refractivity contribution in [1.82, 2.24) is 14.4 Å². The van der Waals surface area contributed by atoms with Crippen LogP contribution in [0.4, 0.5) is 10.8 Å². The number of thiazole rings is 1. The molecule has 0 radical (unpaired) electrons.